The minimum atomic E-state index is -0.219. The Bertz CT molecular complexity index is 144. The number of nitrogens with one attached hydrogen (secondary N) is 1. The van der Waals surface area contributed by atoms with Crippen LogP contribution >= 0.6 is 0 Å². The Morgan fingerprint density at radius 1 is 1.29 bits per heavy atom. The molecule has 3 heteroatoms. The molecule has 1 N–H and O–H groups in total. The topological polar surface area (TPSA) is 15.3 Å². The van der Waals surface area contributed by atoms with E-state index < -0.39 is 0 Å². The van der Waals surface area contributed by atoms with E-state index in [2.05, 4.69) is 17.1 Å². The fourth-order valence-corrected chi connectivity index (χ4v) is 2.33. The van der Waals surface area contributed by atoms with Gasteiger partial charge in [-0.05, 0) is 39.3 Å². The van der Waals surface area contributed by atoms with Crippen LogP contribution in [-0.2, 0) is 0 Å². The van der Waals surface area contributed by atoms with E-state index in [1.54, 1.807) is 0 Å². The van der Waals surface area contributed by atoms with Crippen molar-refractivity contribution in [1.29, 1.82) is 0 Å². The van der Waals surface area contributed by atoms with E-state index in [4.69, 9.17) is 0 Å². The zero-order chi connectivity index (χ0) is 10.4. The number of hydrogen-bond acceptors (Lipinski definition) is 2. The van der Waals surface area contributed by atoms with Gasteiger partial charge in [0.25, 0.3) is 0 Å². The minimum Gasteiger partial charge on any atom is -0.314 e. The lowest BCUT2D eigenvalue weighted by Gasteiger charge is -2.34. The van der Waals surface area contributed by atoms with Gasteiger partial charge in [-0.15, -0.1) is 0 Å². The number of alkyl halides is 1. The van der Waals surface area contributed by atoms with Crippen LogP contribution in [0.4, 0.5) is 4.39 Å². The fourth-order valence-electron chi connectivity index (χ4n) is 2.33. The van der Waals surface area contributed by atoms with Gasteiger partial charge in [0.05, 0.1) is 0 Å². The molecule has 1 fully saturated rings. The zero-order valence-corrected chi connectivity index (χ0v) is 9.43. The first-order chi connectivity index (χ1) is 6.77. The maximum atomic E-state index is 12.1. The summed E-state index contributed by atoms with van der Waals surface area (Å²) in [6.45, 7) is 3.59. The van der Waals surface area contributed by atoms with Crippen LogP contribution < -0.4 is 5.32 Å². The second-order valence-electron chi connectivity index (χ2n) is 4.23. The van der Waals surface area contributed by atoms with Crippen molar-refractivity contribution < 1.29 is 4.39 Å². The quantitative estimate of drug-likeness (QED) is 0.731. The number of halogens is 1. The van der Waals surface area contributed by atoms with Crippen molar-refractivity contribution in [3.8, 4) is 0 Å². The molecule has 1 aliphatic carbocycles. The molecule has 0 bridgehead atoms. The lowest BCUT2D eigenvalue weighted by molar-refractivity contribution is 0.165. The molecule has 0 spiro atoms. The highest BCUT2D eigenvalue weighted by Gasteiger charge is 2.22. The lowest BCUT2D eigenvalue weighted by Crippen LogP contribution is -2.41. The first-order valence-corrected chi connectivity index (χ1v) is 5.77. The zero-order valence-electron chi connectivity index (χ0n) is 9.43. The van der Waals surface area contributed by atoms with Crippen molar-refractivity contribution in [3.63, 3.8) is 0 Å². The molecule has 0 unspecified atom stereocenters. The molecule has 1 aliphatic rings. The highest BCUT2D eigenvalue weighted by atomic mass is 19.1. The molecule has 0 amide bonds. The summed E-state index contributed by atoms with van der Waals surface area (Å²) in [7, 11) is 2.04. The Morgan fingerprint density at radius 3 is 2.43 bits per heavy atom. The third-order valence-corrected chi connectivity index (χ3v) is 3.25. The van der Waals surface area contributed by atoms with E-state index in [0.29, 0.717) is 18.6 Å². The molecule has 84 valence electrons. The van der Waals surface area contributed by atoms with Gasteiger partial charge in [-0.2, -0.15) is 0 Å². The summed E-state index contributed by atoms with van der Waals surface area (Å²) in [5.74, 6) is 0. The molecular formula is C11H23FN2. The molecule has 0 aromatic rings. The summed E-state index contributed by atoms with van der Waals surface area (Å²) in [4.78, 5) is 2.17. The Kier molecular flexibility index (Phi) is 5.41. The summed E-state index contributed by atoms with van der Waals surface area (Å²) in [5.41, 5.74) is 0. The normalized spacial score (nSPS) is 28.3. The predicted molar refractivity (Wildman–Crippen MR) is 58.3 cm³/mol. The summed E-state index contributed by atoms with van der Waals surface area (Å²) < 4.78 is 12.1. The Hall–Kier alpha value is -0.150. The molecule has 14 heavy (non-hydrogen) atoms. The second kappa shape index (κ2) is 6.36. The van der Waals surface area contributed by atoms with Crippen molar-refractivity contribution in [1.82, 2.24) is 10.2 Å². The van der Waals surface area contributed by atoms with Crippen molar-refractivity contribution >= 4 is 0 Å². The van der Waals surface area contributed by atoms with Crippen LogP contribution in [0.5, 0.6) is 0 Å². The Balaban J connectivity index is 2.21. The SMILES string of the molecule is CCNC1CCC(N(C)CCF)CC1. The number of rotatable bonds is 5. The third kappa shape index (κ3) is 3.54. The molecule has 1 saturated carbocycles. The van der Waals surface area contributed by atoms with Crippen LogP contribution in [0.15, 0.2) is 0 Å². The van der Waals surface area contributed by atoms with E-state index in [1.165, 1.54) is 25.7 Å². The van der Waals surface area contributed by atoms with Crippen molar-refractivity contribution in [2.75, 3.05) is 26.8 Å². The van der Waals surface area contributed by atoms with Gasteiger partial charge in [0, 0.05) is 18.6 Å². The van der Waals surface area contributed by atoms with Gasteiger partial charge in [0.2, 0.25) is 0 Å². The Morgan fingerprint density at radius 2 is 1.93 bits per heavy atom. The molecular weight excluding hydrogens is 179 g/mol. The highest BCUT2D eigenvalue weighted by molar-refractivity contribution is 4.81. The average Bonchev–Trinajstić information content (AvgIpc) is 2.20. The third-order valence-electron chi connectivity index (χ3n) is 3.25. The molecule has 0 aliphatic heterocycles. The van der Waals surface area contributed by atoms with Gasteiger partial charge < -0.3 is 10.2 Å². The van der Waals surface area contributed by atoms with Crippen molar-refractivity contribution in [2.45, 2.75) is 44.7 Å². The number of nitrogens with zero attached hydrogens (tertiary/aromatic N) is 1. The standard InChI is InChI=1S/C11H23FN2/c1-3-13-10-4-6-11(7-5-10)14(2)9-8-12/h10-11,13H,3-9H2,1-2H3. The van der Waals surface area contributed by atoms with Crippen molar-refractivity contribution in [3.05, 3.63) is 0 Å². The van der Waals surface area contributed by atoms with E-state index in [1.807, 2.05) is 7.05 Å². The predicted octanol–water partition coefficient (Wildman–Crippen LogP) is 1.81. The fraction of sp³-hybridized carbons (Fsp3) is 1.00. The van der Waals surface area contributed by atoms with Gasteiger partial charge in [-0.25, -0.2) is 4.39 Å². The largest absolute Gasteiger partial charge is 0.314 e. The monoisotopic (exact) mass is 202 g/mol. The van der Waals surface area contributed by atoms with Gasteiger partial charge in [-0.1, -0.05) is 6.92 Å². The van der Waals surface area contributed by atoms with E-state index >= 15 is 0 Å². The maximum Gasteiger partial charge on any atom is 0.102 e. The van der Waals surface area contributed by atoms with Crippen molar-refractivity contribution in [2.24, 2.45) is 0 Å². The van der Waals surface area contributed by atoms with Crippen LogP contribution in [0, 0.1) is 0 Å². The van der Waals surface area contributed by atoms with Crippen LogP contribution in [0.25, 0.3) is 0 Å². The van der Waals surface area contributed by atoms with Gasteiger partial charge in [0.15, 0.2) is 0 Å². The van der Waals surface area contributed by atoms with E-state index in [-0.39, 0.29) is 6.67 Å². The van der Waals surface area contributed by atoms with Crippen LogP contribution in [0.1, 0.15) is 32.6 Å². The second-order valence-corrected chi connectivity index (χ2v) is 4.23. The first-order valence-electron chi connectivity index (χ1n) is 5.77. The summed E-state index contributed by atoms with van der Waals surface area (Å²) in [6, 6.07) is 1.32. The van der Waals surface area contributed by atoms with Gasteiger partial charge >= 0.3 is 0 Å². The maximum absolute atomic E-state index is 12.1. The average molecular weight is 202 g/mol. The minimum absolute atomic E-state index is 0.219. The van der Waals surface area contributed by atoms with Gasteiger partial charge in [0.1, 0.15) is 6.67 Å². The van der Waals surface area contributed by atoms with Crippen LogP contribution in [0.3, 0.4) is 0 Å². The van der Waals surface area contributed by atoms with Gasteiger partial charge in [-0.3, -0.25) is 0 Å². The first kappa shape index (κ1) is 11.9. The number of hydrogen-bond donors (Lipinski definition) is 1. The molecule has 0 saturated heterocycles. The lowest BCUT2D eigenvalue weighted by atomic mass is 9.90. The molecule has 0 aromatic heterocycles. The molecule has 0 radical (unpaired) electrons. The van der Waals surface area contributed by atoms with E-state index in [0.717, 1.165) is 6.54 Å². The highest BCUT2D eigenvalue weighted by Crippen LogP contribution is 2.22. The van der Waals surface area contributed by atoms with Crippen LogP contribution in [-0.4, -0.2) is 43.8 Å². The van der Waals surface area contributed by atoms with Crippen LogP contribution in [0.2, 0.25) is 0 Å². The smallest absolute Gasteiger partial charge is 0.102 e. The van der Waals surface area contributed by atoms with E-state index in [9.17, 15) is 4.39 Å². The molecule has 1 rings (SSSR count). The molecule has 0 heterocycles. The Labute approximate surface area is 86.9 Å². The molecule has 0 aromatic carbocycles. The summed E-state index contributed by atoms with van der Waals surface area (Å²) in [6.07, 6.45) is 4.92. The summed E-state index contributed by atoms with van der Waals surface area (Å²) >= 11 is 0. The summed E-state index contributed by atoms with van der Waals surface area (Å²) in [5, 5.41) is 3.48. The molecule has 0 atom stereocenters. The molecule has 2 nitrogen and oxygen atoms in total.